The van der Waals surface area contributed by atoms with Crippen LogP contribution in [0.3, 0.4) is 0 Å². The molecule has 1 heterocycles. The molecule has 1 aliphatic rings. The van der Waals surface area contributed by atoms with Gasteiger partial charge in [0.15, 0.2) is 0 Å². The average Bonchev–Trinajstić information content (AvgIpc) is 2.25. The Hall–Kier alpha value is -0.860. The smallest absolute Gasteiger partial charge is 0.103 e. The molecule has 0 radical (unpaired) electrons. The zero-order valence-electron chi connectivity index (χ0n) is 9.37. The SMILES string of the molecule is Cc1ccccc1C[NH+]1CCC(O)CC1. The van der Waals surface area contributed by atoms with Crippen molar-refractivity contribution in [2.24, 2.45) is 0 Å². The lowest BCUT2D eigenvalue weighted by Crippen LogP contribution is -3.12. The highest BCUT2D eigenvalue weighted by atomic mass is 16.3. The number of nitrogens with one attached hydrogen (secondary N) is 1. The van der Waals surface area contributed by atoms with Crippen LogP contribution in [-0.4, -0.2) is 24.3 Å². The van der Waals surface area contributed by atoms with E-state index >= 15 is 0 Å². The van der Waals surface area contributed by atoms with Crippen molar-refractivity contribution in [2.75, 3.05) is 13.1 Å². The Kier molecular flexibility index (Phi) is 3.39. The van der Waals surface area contributed by atoms with Crippen molar-refractivity contribution in [1.82, 2.24) is 0 Å². The molecule has 1 fully saturated rings. The number of hydrogen-bond donors (Lipinski definition) is 2. The predicted molar refractivity (Wildman–Crippen MR) is 60.8 cm³/mol. The number of aliphatic hydroxyl groups excluding tert-OH is 1. The summed E-state index contributed by atoms with van der Waals surface area (Å²) >= 11 is 0. The van der Waals surface area contributed by atoms with Crippen molar-refractivity contribution in [1.29, 1.82) is 0 Å². The minimum absolute atomic E-state index is 0.0504. The molecule has 82 valence electrons. The van der Waals surface area contributed by atoms with Crippen LogP contribution in [0.15, 0.2) is 24.3 Å². The molecule has 2 nitrogen and oxygen atoms in total. The Morgan fingerprint density at radius 3 is 2.60 bits per heavy atom. The molecule has 1 aromatic carbocycles. The van der Waals surface area contributed by atoms with Gasteiger partial charge in [0.05, 0.1) is 19.2 Å². The molecule has 0 bridgehead atoms. The largest absolute Gasteiger partial charge is 0.393 e. The monoisotopic (exact) mass is 206 g/mol. The van der Waals surface area contributed by atoms with Crippen LogP contribution in [0.5, 0.6) is 0 Å². The lowest BCUT2D eigenvalue weighted by molar-refractivity contribution is -0.919. The molecule has 1 aliphatic heterocycles. The average molecular weight is 206 g/mol. The van der Waals surface area contributed by atoms with Gasteiger partial charge in [-0.1, -0.05) is 24.3 Å². The highest BCUT2D eigenvalue weighted by molar-refractivity contribution is 5.24. The molecule has 0 amide bonds. The van der Waals surface area contributed by atoms with Gasteiger partial charge >= 0.3 is 0 Å². The van der Waals surface area contributed by atoms with E-state index in [9.17, 15) is 5.11 Å². The number of likely N-dealkylation sites (tertiary alicyclic amines) is 1. The minimum atomic E-state index is -0.0504. The molecule has 0 spiro atoms. The molecule has 0 aromatic heterocycles. The molecular formula is C13H20NO+. The standard InChI is InChI=1S/C13H19NO/c1-11-4-2-3-5-12(11)10-14-8-6-13(15)7-9-14/h2-5,13,15H,6-10H2,1H3/p+1. The maximum absolute atomic E-state index is 9.43. The number of benzene rings is 1. The second-order valence-corrected chi connectivity index (χ2v) is 4.58. The summed E-state index contributed by atoms with van der Waals surface area (Å²) in [7, 11) is 0. The molecule has 2 rings (SSSR count). The van der Waals surface area contributed by atoms with Crippen LogP contribution in [0.1, 0.15) is 24.0 Å². The maximum atomic E-state index is 9.43. The third-order valence-corrected chi connectivity index (χ3v) is 3.36. The van der Waals surface area contributed by atoms with E-state index in [4.69, 9.17) is 0 Å². The zero-order chi connectivity index (χ0) is 10.7. The van der Waals surface area contributed by atoms with Gasteiger partial charge in [-0.15, -0.1) is 0 Å². The second-order valence-electron chi connectivity index (χ2n) is 4.58. The summed E-state index contributed by atoms with van der Waals surface area (Å²) in [4.78, 5) is 1.61. The van der Waals surface area contributed by atoms with E-state index in [2.05, 4.69) is 31.2 Å². The highest BCUT2D eigenvalue weighted by Crippen LogP contribution is 2.06. The lowest BCUT2D eigenvalue weighted by Gasteiger charge is -2.27. The number of aliphatic hydroxyl groups is 1. The molecule has 1 saturated heterocycles. The van der Waals surface area contributed by atoms with E-state index in [-0.39, 0.29) is 6.10 Å². The van der Waals surface area contributed by atoms with E-state index in [1.165, 1.54) is 11.1 Å². The first kappa shape index (κ1) is 10.7. The van der Waals surface area contributed by atoms with Crippen LogP contribution < -0.4 is 4.90 Å². The van der Waals surface area contributed by atoms with Crippen LogP contribution in [-0.2, 0) is 6.54 Å². The van der Waals surface area contributed by atoms with Crippen LogP contribution in [0.2, 0.25) is 0 Å². The normalized spacial score (nSPS) is 26.5. The fraction of sp³-hybridized carbons (Fsp3) is 0.538. The number of piperidine rings is 1. The first-order valence-corrected chi connectivity index (χ1v) is 5.82. The van der Waals surface area contributed by atoms with Gasteiger partial charge in [-0.2, -0.15) is 0 Å². The van der Waals surface area contributed by atoms with E-state index in [0.717, 1.165) is 32.5 Å². The third-order valence-electron chi connectivity index (χ3n) is 3.36. The Labute approximate surface area is 91.5 Å². The van der Waals surface area contributed by atoms with Gasteiger partial charge in [-0.3, -0.25) is 0 Å². The van der Waals surface area contributed by atoms with Gasteiger partial charge in [-0.25, -0.2) is 0 Å². The summed E-state index contributed by atoms with van der Waals surface area (Å²) in [5, 5.41) is 9.43. The van der Waals surface area contributed by atoms with Crippen molar-refractivity contribution >= 4 is 0 Å². The minimum Gasteiger partial charge on any atom is -0.393 e. The molecule has 2 heteroatoms. The van der Waals surface area contributed by atoms with Gasteiger partial charge in [0.25, 0.3) is 0 Å². The summed E-state index contributed by atoms with van der Waals surface area (Å²) in [6.45, 7) is 5.50. The molecule has 0 atom stereocenters. The van der Waals surface area contributed by atoms with E-state index < -0.39 is 0 Å². The third kappa shape index (κ3) is 2.80. The molecule has 15 heavy (non-hydrogen) atoms. The van der Waals surface area contributed by atoms with Crippen LogP contribution in [0.25, 0.3) is 0 Å². The fourth-order valence-corrected chi connectivity index (χ4v) is 2.27. The van der Waals surface area contributed by atoms with Crippen molar-refractivity contribution in [3.05, 3.63) is 35.4 Å². The Bertz CT molecular complexity index is 316. The Balaban J connectivity index is 1.95. The quantitative estimate of drug-likeness (QED) is 0.725. The van der Waals surface area contributed by atoms with E-state index in [1.807, 2.05) is 0 Å². The molecule has 0 aliphatic carbocycles. The summed E-state index contributed by atoms with van der Waals surface area (Å²) < 4.78 is 0. The number of quaternary nitrogens is 1. The van der Waals surface area contributed by atoms with Crippen molar-refractivity contribution in [2.45, 2.75) is 32.4 Å². The van der Waals surface area contributed by atoms with Crippen molar-refractivity contribution < 1.29 is 10.0 Å². The summed E-state index contributed by atoms with van der Waals surface area (Å²) in [5.74, 6) is 0. The van der Waals surface area contributed by atoms with Crippen LogP contribution in [0.4, 0.5) is 0 Å². The van der Waals surface area contributed by atoms with Gasteiger partial charge in [0.2, 0.25) is 0 Å². The molecule has 1 aromatic rings. The van der Waals surface area contributed by atoms with Crippen molar-refractivity contribution in [3.63, 3.8) is 0 Å². The molecule has 0 saturated carbocycles. The molecule has 2 N–H and O–H groups in total. The first-order valence-electron chi connectivity index (χ1n) is 5.82. The lowest BCUT2D eigenvalue weighted by atomic mass is 10.0. The first-order chi connectivity index (χ1) is 7.25. The summed E-state index contributed by atoms with van der Waals surface area (Å²) in [5.41, 5.74) is 2.83. The second kappa shape index (κ2) is 4.77. The van der Waals surface area contributed by atoms with Crippen LogP contribution >= 0.6 is 0 Å². The Morgan fingerprint density at radius 1 is 1.27 bits per heavy atom. The van der Waals surface area contributed by atoms with E-state index in [1.54, 1.807) is 4.90 Å². The van der Waals surface area contributed by atoms with Crippen LogP contribution in [0, 0.1) is 6.92 Å². The van der Waals surface area contributed by atoms with Crippen molar-refractivity contribution in [3.8, 4) is 0 Å². The van der Waals surface area contributed by atoms with Gasteiger partial charge in [-0.05, 0) is 12.5 Å². The van der Waals surface area contributed by atoms with Gasteiger partial charge in [0.1, 0.15) is 6.54 Å². The zero-order valence-corrected chi connectivity index (χ0v) is 9.37. The molecule has 0 unspecified atom stereocenters. The topological polar surface area (TPSA) is 24.7 Å². The molecular weight excluding hydrogens is 186 g/mol. The number of aryl methyl sites for hydroxylation is 1. The highest BCUT2D eigenvalue weighted by Gasteiger charge is 2.20. The fourth-order valence-electron chi connectivity index (χ4n) is 2.27. The number of hydrogen-bond acceptors (Lipinski definition) is 1. The van der Waals surface area contributed by atoms with E-state index in [0.29, 0.717) is 0 Å². The Morgan fingerprint density at radius 2 is 1.93 bits per heavy atom. The predicted octanol–water partition coefficient (Wildman–Crippen LogP) is 0.535. The number of rotatable bonds is 2. The van der Waals surface area contributed by atoms with Gasteiger partial charge in [0, 0.05) is 18.4 Å². The summed E-state index contributed by atoms with van der Waals surface area (Å²) in [6.07, 6.45) is 1.87. The summed E-state index contributed by atoms with van der Waals surface area (Å²) in [6, 6.07) is 8.59. The van der Waals surface area contributed by atoms with Gasteiger partial charge < -0.3 is 10.0 Å². The maximum Gasteiger partial charge on any atom is 0.103 e.